The molecule has 0 aliphatic carbocycles. The van der Waals surface area contributed by atoms with E-state index in [4.69, 9.17) is 4.74 Å². The molecule has 0 aromatic heterocycles. The van der Waals surface area contributed by atoms with Crippen molar-refractivity contribution < 1.29 is 4.74 Å². The summed E-state index contributed by atoms with van der Waals surface area (Å²) in [5.41, 5.74) is 0. The average Bonchev–Trinajstić information content (AvgIpc) is 2.28. The largest absolute Gasteiger partial charge is 0.381 e. The van der Waals surface area contributed by atoms with Crippen molar-refractivity contribution in [3.05, 3.63) is 0 Å². The van der Waals surface area contributed by atoms with Crippen LogP contribution in [-0.2, 0) is 4.74 Å². The highest BCUT2D eigenvalue weighted by molar-refractivity contribution is 4.76. The van der Waals surface area contributed by atoms with Crippen molar-refractivity contribution in [3.8, 4) is 0 Å². The standard InChI is InChI=1S/C13H27NO/c1-3-5-7-12(6-4-2)14-13-8-10-15-11-9-13/h12-14H,3-11H2,1-2H3/t12-/m0/s1. The number of hydrogen-bond acceptors (Lipinski definition) is 2. The first-order valence-electron chi connectivity index (χ1n) is 6.70. The van der Waals surface area contributed by atoms with E-state index in [0.717, 1.165) is 19.3 Å². The highest BCUT2D eigenvalue weighted by Crippen LogP contribution is 2.12. The van der Waals surface area contributed by atoms with Gasteiger partial charge in [0, 0.05) is 25.3 Å². The van der Waals surface area contributed by atoms with Crippen molar-refractivity contribution in [1.82, 2.24) is 5.32 Å². The zero-order valence-corrected chi connectivity index (χ0v) is 10.4. The first-order chi connectivity index (χ1) is 7.36. The molecule has 1 aliphatic heterocycles. The Bertz CT molecular complexity index is 143. The van der Waals surface area contributed by atoms with E-state index in [1.807, 2.05) is 0 Å². The molecule has 0 spiro atoms. The third-order valence-electron chi connectivity index (χ3n) is 3.24. The smallest absolute Gasteiger partial charge is 0.0480 e. The van der Waals surface area contributed by atoms with Crippen LogP contribution in [0.25, 0.3) is 0 Å². The molecule has 0 aromatic carbocycles. The van der Waals surface area contributed by atoms with Gasteiger partial charge in [-0.15, -0.1) is 0 Å². The molecule has 1 atom stereocenters. The van der Waals surface area contributed by atoms with E-state index in [-0.39, 0.29) is 0 Å². The first-order valence-corrected chi connectivity index (χ1v) is 6.70. The molecule has 1 heterocycles. The Kier molecular flexibility index (Phi) is 7.03. The molecule has 0 unspecified atom stereocenters. The zero-order valence-electron chi connectivity index (χ0n) is 10.4. The second-order valence-corrected chi connectivity index (χ2v) is 4.68. The molecule has 2 heteroatoms. The summed E-state index contributed by atoms with van der Waals surface area (Å²) >= 11 is 0. The van der Waals surface area contributed by atoms with Crippen molar-refractivity contribution in [3.63, 3.8) is 0 Å². The van der Waals surface area contributed by atoms with Crippen LogP contribution in [0, 0.1) is 0 Å². The van der Waals surface area contributed by atoms with Crippen LogP contribution in [-0.4, -0.2) is 25.3 Å². The summed E-state index contributed by atoms with van der Waals surface area (Å²) in [7, 11) is 0. The van der Waals surface area contributed by atoms with Crippen LogP contribution in [0.4, 0.5) is 0 Å². The third-order valence-corrected chi connectivity index (χ3v) is 3.24. The Labute approximate surface area is 94.8 Å². The molecule has 0 amide bonds. The van der Waals surface area contributed by atoms with Gasteiger partial charge in [-0.2, -0.15) is 0 Å². The molecule has 1 saturated heterocycles. The second kappa shape index (κ2) is 8.12. The minimum Gasteiger partial charge on any atom is -0.381 e. The van der Waals surface area contributed by atoms with E-state index in [1.165, 1.54) is 44.9 Å². The minimum atomic E-state index is 0.715. The predicted octanol–water partition coefficient (Wildman–Crippen LogP) is 3.11. The van der Waals surface area contributed by atoms with Crippen LogP contribution in [0.1, 0.15) is 58.8 Å². The highest BCUT2D eigenvalue weighted by atomic mass is 16.5. The Morgan fingerprint density at radius 2 is 1.87 bits per heavy atom. The fourth-order valence-corrected chi connectivity index (χ4v) is 2.31. The van der Waals surface area contributed by atoms with Crippen LogP contribution in [0.3, 0.4) is 0 Å². The maximum atomic E-state index is 5.38. The highest BCUT2D eigenvalue weighted by Gasteiger charge is 2.17. The van der Waals surface area contributed by atoms with E-state index < -0.39 is 0 Å². The molecule has 1 N–H and O–H groups in total. The Morgan fingerprint density at radius 3 is 2.47 bits per heavy atom. The summed E-state index contributed by atoms with van der Waals surface area (Å²) in [6.45, 7) is 6.46. The van der Waals surface area contributed by atoms with Crippen molar-refractivity contribution >= 4 is 0 Å². The Balaban J connectivity index is 2.21. The molecule has 0 aromatic rings. The van der Waals surface area contributed by atoms with E-state index >= 15 is 0 Å². The van der Waals surface area contributed by atoms with E-state index in [0.29, 0.717) is 6.04 Å². The summed E-state index contributed by atoms with van der Waals surface area (Å²) < 4.78 is 5.38. The van der Waals surface area contributed by atoms with Crippen molar-refractivity contribution in [2.75, 3.05) is 13.2 Å². The molecule has 0 radical (unpaired) electrons. The SMILES string of the molecule is CCCC[C@H](CCC)NC1CCOCC1. The maximum absolute atomic E-state index is 5.38. The van der Waals surface area contributed by atoms with Gasteiger partial charge in [-0.25, -0.2) is 0 Å². The molecular weight excluding hydrogens is 186 g/mol. The molecule has 1 fully saturated rings. The van der Waals surface area contributed by atoms with E-state index in [2.05, 4.69) is 19.2 Å². The van der Waals surface area contributed by atoms with Crippen molar-refractivity contribution in [2.45, 2.75) is 70.9 Å². The van der Waals surface area contributed by atoms with Gasteiger partial charge in [0.1, 0.15) is 0 Å². The summed E-state index contributed by atoms with van der Waals surface area (Å²) in [4.78, 5) is 0. The van der Waals surface area contributed by atoms with Gasteiger partial charge in [0.15, 0.2) is 0 Å². The summed E-state index contributed by atoms with van der Waals surface area (Å²) in [6, 6.07) is 1.46. The summed E-state index contributed by atoms with van der Waals surface area (Å²) in [5.74, 6) is 0. The lowest BCUT2D eigenvalue weighted by Gasteiger charge is -2.28. The summed E-state index contributed by atoms with van der Waals surface area (Å²) in [6.07, 6.45) is 9.05. The topological polar surface area (TPSA) is 21.3 Å². The molecular formula is C13H27NO. The van der Waals surface area contributed by atoms with Crippen LogP contribution in [0.2, 0.25) is 0 Å². The van der Waals surface area contributed by atoms with Gasteiger partial charge in [0.2, 0.25) is 0 Å². The molecule has 90 valence electrons. The van der Waals surface area contributed by atoms with E-state index in [9.17, 15) is 0 Å². The molecule has 2 nitrogen and oxygen atoms in total. The fourth-order valence-electron chi connectivity index (χ4n) is 2.31. The summed E-state index contributed by atoms with van der Waals surface area (Å²) in [5, 5.41) is 3.81. The second-order valence-electron chi connectivity index (χ2n) is 4.68. The van der Waals surface area contributed by atoms with Crippen LogP contribution < -0.4 is 5.32 Å². The number of rotatable bonds is 7. The number of hydrogen-bond donors (Lipinski definition) is 1. The van der Waals surface area contributed by atoms with Gasteiger partial charge in [-0.1, -0.05) is 33.1 Å². The van der Waals surface area contributed by atoms with Crippen molar-refractivity contribution in [1.29, 1.82) is 0 Å². The third kappa shape index (κ3) is 5.53. The number of unbranched alkanes of at least 4 members (excludes halogenated alkanes) is 1. The fraction of sp³-hybridized carbons (Fsp3) is 1.00. The molecule has 1 rings (SSSR count). The normalized spacial score (nSPS) is 20.4. The van der Waals surface area contributed by atoms with Gasteiger partial charge in [-0.3, -0.25) is 0 Å². The molecule has 15 heavy (non-hydrogen) atoms. The van der Waals surface area contributed by atoms with Crippen LogP contribution in [0.15, 0.2) is 0 Å². The van der Waals surface area contributed by atoms with Gasteiger partial charge in [0.25, 0.3) is 0 Å². The first kappa shape index (κ1) is 13.0. The Morgan fingerprint density at radius 1 is 1.13 bits per heavy atom. The number of ether oxygens (including phenoxy) is 1. The maximum Gasteiger partial charge on any atom is 0.0480 e. The van der Waals surface area contributed by atoms with Crippen LogP contribution >= 0.6 is 0 Å². The zero-order chi connectivity index (χ0) is 10.9. The molecule has 1 aliphatic rings. The number of nitrogens with one attached hydrogen (secondary N) is 1. The lowest BCUT2D eigenvalue weighted by molar-refractivity contribution is 0.0740. The van der Waals surface area contributed by atoms with Crippen LogP contribution in [0.5, 0.6) is 0 Å². The quantitative estimate of drug-likeness (QED) is 0.701. The predicted molar refractivity (Wildman–Crippen MR) is 65.2 cm³/mol. The van der Waals surface area contributed by atoms with Crippen molar-refractivity contribution in [2.24, 2.45) is 0 Å². The molecule has 0 bridgehead atoms. The van der Waals surface area contributed by atoms with Gasteiger partial charge in [0.05, 0.1) is 0 Å². The average molecular weight is 213 g/mol. The van der Waals surface area contributed by atoms with E-state index in [1.54, 1.807) is 0 Å². The lowest BCUT2D eigenvalue weighted by Crippen LogP contribution is -2.41. The van der Waals surface area contributed by atoms with Gasteiger partial charge >= 0.3 is 0 Å². The lowest BCUT2D eigenvalue weighted by atomic mass is 10.0. The Hall–Kier alpha value is -0.0800. The van der Waals surface area contributed by atoms with Gasteiger partial charge < -0.3 is 10.1 Å². The molecule has 0 saturated carbocycles. The minimum absolute atomic E-state index is 0.715. The van der Waals surface area contributed by atoms with Gasteiger partial charge in [-0.05, 0) is 25.7 Å². The monoisotopic (exact) mass is 213 g/mol.